The number of carboxylic acids is 2. The van der Waals surface area contributed by atoms with Crippen molar-refractivity contribution >= 4 is 63.7 Å². The standard InChI is InChI=1S/C27H20N6O7.K/c34-23-11-9-19(13-21(23)25(36)37)32-30-17-5-1-15(2-6-17)28-27(40)29-16-3-7-18(8-4-16)31-33-20-10-12-24(35)22(14-20)26(38)39;/h1-14,30-31H,(H,36,37)(H,38,39)(H2,28,29,40);/q;+1/p-2/b32-19-,33-20+;. The second kappa shape index (κ2) is 14.2. The fraction of sp³-hybridized carbons (Fsp3) is 0. The van der Waals surface area contributed by atoms with Gasteiger partial charge >= 0.3 is 57.4 Å². The van der Waals surface area contributed by atoms with Gasteiger partial charge in [-0.1, -0.05) is 0 Å². The summed E-state index contributed by atoms with van der Waals surface area (Å²) < 4.78 is 0. The third-order valence-electron chi connectivity index (χ3n) is 5.28. The Balaban J connectivity index is 0.00000462. The monoisotopic (exact) mass is 577 g/mol. The molecule has 0 saturated carbocycles. The third kappa shape index (κ3) is 8.76. The van der Waals surface area contributed by atoms with E-state index in [0.717, 1.165) is 24.3 Å². The van der Waals surface area contributed by atoms with Gasteiger partial charge in [0.05, 0.1) is 34.7 Å². The summed E-state index contributed by atoms with van der Waals surface area (Å²) in [7, 11) is 0. The van der Waals surface area contributed by atoms with E-state index in [9.17, 15) is 34.2 Å². The number of benzene rings is 2. The first-order valence-electron chi connectivity index (χ1n) is 11.4. The maximum Gasteiger partial charge on any atom is 1.00 e. The van der Waals surface area contributed by atoms with Crippen LogP contribution in [0.5, 0.6) is 0 Å². The van der Waals surface area contributed by atoms with Crippen LogP contribution in [-0.4, -0.2) is 41.0 Å². The van der Waals surface area contributed by atoms with Crippen molar-refractivity contribution in [2.45, 2.75) is 0 Å². The Kier molecular flexibility index (Phi) is 10.8. The Labute approximate surface area is 274 Å². The topological polar surface area (TPSA) is 204 Å². The number of carbonyl (C=O) groups is 5. The van der Waals surface area contributed by atoms with Gasteiger partial charge < -0.3 is 30.4 Å². The molecule has 0 atom stereocenters. The molecule has 0 saturated heterocycles. The summed E-state index contributed by atoms with van der Waals surface area (Å²) in [5.74, 6) is -4.51. The summed E-state index contributed by atoms with van der Waals surface area (Å²) in [6.07, 6.45) is 7.10. The van der Waals surface area contributed by atoms with Crippen LogP contribution in [0.25, 0.3) is 0 Å². The van der Waals surface area contributed by atoms with Crippen molar-refractivity contribution in [3.05, 3.63) is 96.1 Å². The third-order valence-corrected chi connectivity index (χ3v) is 5.28. The van der Waals surface area contributed by atoms with E-state index in [2.05, 4.69) is 31.7 Å². The van der Waals surface area contributed by atoms with Gasteiger partial charge in [0.2, 0.25) is 0 Å². The minimum atomic E-state index is -1.58. The van der Waals surface area contributed by atoms with E-state index in [1.807, 2.05) is 0 Å². The number of allylic oxidation sites excluding steroid dienone is 6. The van der Waals surface area contributed by atoms with Gasteiger partial charge in [-0.25, -0.2) is 4.79 Å². The maximum atomic E-state index is 12.4. The molecule has 2 aromatic carbocycles. The Hall–Kier alpha value is -4.47. The van der Waals surface area contributed by atoms with Crippen molar-refractivity contribution in [1.82, 2.24) is 0 Å². The molecule has 200 valence electrons. The number of aliphatic carboxylic acids is 2. The molecule has 0 radical (unpaired) electrons. The molecule has 2 aromatic rings. The summed E-state index contributed by atoms with van der Waals surface area (Å²) in [6, 6.07) is 12.5. The second-order valence-electron chi connectivity index (χ2n) is 8.12. The number of carboxylic acid groups (broad SMARTS) is 2. The van der Waals surface area contributed by atoms with Gasteiger partial charge in [0.25, 0.3) is 0 Å². The van der Waals surface area contributed by atoms with Crippen LogP contribution < -0.4 is 83.1 Å². The zero-order valence-electron chi connectivity index (χ0n) is 21.3. The molecule has 13 nitrogen and oxygen atoms in total. The molecule has 0 fully saturated rings. The number of hydrogen-bond donors (Lipinski definition) is 4. The van der Waals surface area contributed by atoms with Crippen molar-refractivity contribution in [3.63, 3.8) is 0 Å². The van der Waals surface area contributed by atoms with Crippen molar-refractivity contribution < 1.29 is 85.6 Å². The number of amides is 2. The number of nitrogens with one attached hydrogen (secondary N) is 4. The van der Waals surface area contributed by atoms with E-state index in [1.54, 1.807) is 48.5 Å². The molecule has 4 N–H and O–H groups in total. The largest absolute Gasteiger partial charge is 1.00 e. The average molecular weight is 578 g/mol. The molecule has 0 unspecified atom stereocenters. The average Bonchev–Trinajstić information content (AvgIpc) is 2.93. The summed E-state index contributed by atoms with van der Waals surface area (Å²) in [5, 5.41) is 35.3. The summed E-state index contributed by atoms with van der Waals surface area (Å²) >= 11 is 0. The molecule has 14 heteroatoms. The molecular formula is C27H18KN6O7-. The Bertz CT molecular complexity index is 1470. The zero-order chi connectivity index (χ0) is 28.6. The van der Waals surface area contributed by atoms with E-state index in [1.165, 1.54) is 12.2 Å². The molecule has 2 amide bonds. The van der Waals surface area contributed by atoms with Gasteiger partial charge in [0.1, 0.15) is 0 Å². The number of rotatable bonds is 8. The van der Waals surface area contributed by atoms with E-state index in [-0.39, 0.29) is 62.8 Å². The molecule has 41 heavy (non-hydrogen) atoms. The molecule has 0 spiro atoms. The van der Waals surface area contributed by atoms with Gasteiger partial charge in [0.15, 0.2) is 11.6 Å². The number of ketones is 2. The van der Waals surface area contributed by atoms with Crippen molar-refractivity contribution in [3.8, 4) is 0 Å². The van der Waals surface area contributed by atoms with Crippen molar-refractivity contribution in [1.29, 1.82) is 0 Å². The number of hydrogen-bond acceptors (Lipinski definition) is 11. The second-order valence-corrected chi connectivity index (χ2v) is 8.12. The van der Waals surface area contributed by atoms with E-state index >= 15 is 0 Å². The van der Waals surface area contributed by atoms with Crippen molar-refractivity contribution in [2.75, 3.05) is 21.5 Å². The van der Waals surface area contributed by atoms with Crippen LogP contribution >= 0.6 is 0 Å². The molecule has 0 aromatic heterocycles. The summed E-state index contributed by atoms with van der Waals surface area (Å²) in [4.78, 5) is 57.3. The normalized spacial score (nSPS) is 15.9. The summed E-state index contributed by atoms with van der Waals surface area (Å²) in [5.41, 5.74) is 6.96. The maximum absolute atomic E-state index is 12.4. The molecule has 0 bridgehead atoms. The van der Waals surface area contributed by atoms with E-state index in [0.29, 0.717) is 22.7 Å². The summed E-state index contributed by atoms with van der Waals surface area (Å²) in [6.45, 7) is 0. The number of nitrogens with zero attached hydrogens (tertiary/aromatic N) is 2. The smallest absolute Gasteiger partial charge is 0.545 e. The van der Waals surface area contributed by atoms with Crippen LogP contribution in [0.2, 0.25) is 0 Å². The SMILES string of the molecule is O=C(Nc1ccc(N/N=C2/C=CC(=O)C(C(=O)[O-])=C2)cc1)Nc1ccc(N/N=C2\C=CC(=O)C(C(=O)[O-])=C2)cc1.[K+]. The van der Waals surface area contributed by atoms with Crippen LogP contribution in [-0.2, 0) is 19.2 Å². The minimum absolute atomic E-state index is 0. The first-order valence-corrected chi connectivity index (χ1v) is 11.4. The Morgan fingerprint density at radius 1 is 0.561 bits per heavy atom. The minimum Gasteiger partial charge on any atom is -0.545 e. The van der Waals surface area contributed by atoms with E-state index < -0.39 is 40.7 Å². The molecule has 4 rings (SSSR count). The van der Waals surface area contributed by atoms with Gasteiger partial charge in [-0.05, 0) is 85.0 Å². The van der Waals surface area contributed by atoms with Gasteiger partial charge in [-0.2, -0.15) is 10.2 Å². The van der Waals surface area contributed by atoms with Crippen LogP contribution in [0.3, 0.4) is 0 Å². The zero-order valence-corrected chi connectivity index (χ0v) is 24.5. The molecule has 0 aliphatic heterocycles. The van der Waals surface area contributed by atoms with Crippen LogP contribution in [0.1, 0.15) is 0 Å². The quantitative estimate of drug-likeness (QED) is 0.113. The molecule has 2 aliphatic carbocycles. The van der Waals surface area contributed by atoms with Gasteiger partial charge in [-0.15, -0.1) is 0 Å². The molecule has 0 heterocycles. The number of hydrazone groups is 2. The fourth-order valence-corrected chi connectivity index (χ4v) is 3.30. The van der Waals surface area contributed by atoms with E-state index in [4.69, 9.17) is 0 Å². The predicted molar refractivity (Wildman–Crippen MR) is 142 cm³/mol. The van der Waals surface area contributed by atoms with Crippen LogP contribution in [0.15, 0.2) is 106 Å². The van der Waals surface area contributed by atoms with Crippen LogP contribution in [0.4, 0.5) is 27.5 Å². The number of anilines is 4. The molecule has 2 aliphatic rings. The first-order chi connectivity index (χ1) is 19.2. The predicted octanol–water partition coefficient (Wildman–Crippen LogP) is -2.50. The number of urea groups is 1. The Morgan fingerprint density at radius 2 is 0.902 bits per heavy atom. The van der Waals surface area contributed by atoms with Crippen molar-refractivity contribution in [2.24, 2.45) is 10.2 Å². The fourth-order valence-electron chi connectivity index (χ4n) is 3.30. The van der Waals surface area contributed by atoms with Crippen LogP contribution in [0, 0.1) is 0 Å². The molecular weight excluding hydrogens is 559 g/mol. The first kappa shape index (κ1) is 31.1. The number of carbonyl (C=O) groups excluding carboxylic acids is 5. The Morgan fingerprint density at radius 3 is 1.24 bits per heavy atom. The van der Waals surface area contributed by atoms with Gasteiger partial charge in [0, 0.05) is 22.5 Å². The van der Waals surface area contributed by atoms with Gasteiger partial charge in [-0.3, -0.25) is 20.4 Å².